The van der Waals surface area contributed by atoms with Gasteiger partial charge in [-0.25, -0.2) is 0 Å². The van der Waals surface area contributed by atoms with Crippen molar-refractivity contribution in [2.24, 2.45) is 0 Å². The molecule has 22 heavy (non-hydrogen) atoms. The van der Waals surface area contributed by atoms with Crippen LogP contribution in [-0.2, 0) is 9.59 Å². The van der Waals surface area contributed by atoms with Gasteiger partial charge in [-0.3, -0.25) is 9.59 Å². The molecule has 0 saturated carbocycles. The number of hydrogen-bond donors (Lipinski definition) is 2. The Morgan fingerprint density at radius 1 is 0.682 bits per heavy atom. The van der Waals surface area contributed by atoms with Crippen molar-refractivity contribution in [3.63, 3.8) is 0 Å². The minimum Gasteiger partial charge on any atom is -0.316 e. The lowest BCUT2D eigenvalue weighted by molar-refractivity contribution is -0.132. The van der Waals surface area contributed by atoms with Gasteiger partial charge >= 0.3 is 11.8 Å². The van der Waals surface area contributed by atoms with Gasteiger partial charge in [0, 0.05) is 10.0 Å². The van der Waals surface area contributed by atoms with Gasteiger partial charge in [0.1, 0.15) is 0 Å². The SMILES string of the molecule is O=C(Nc1ccc(Cl)cc1Cl)C(=O)Nc1ccc(Cl)cc1Cl. The van der Waals surface area contributed by atoms with Crippen molar-refractivity contribution in [3.05, 3.63) is 56.5 Å². The molecule has 0 bridgehead atoms. The Morgan fingerprint density at radius 3 is 1.36 bits per heavy atom. The van der Waals surface area contributed by atoms with Crippen LogP contribution in [0.15, 0.2) is 36.4 Å². The summed E-state index contributed by atoms with van der Waals surface area (Å²) in [4.78, 5) is 23.7. The molecule has 2 N–H and O–H groups in total. The molecule has 0 fully saturated rings. The molecule has 0 unspecified atom stereocenters. The van der Waals surface area contributed by atoms with Gasteiger partial charge in [-0.1, -0.05) is 46.4 Å². The Bertz CT molecular complexity index is 686. The molecular formula is C14H8Cl4N2O2. The highest BCUT2D eigenvalue weighted by molar-refractivity contribution is 6.46. The molecule has 2 rings (SSSR count). The summed E-state index contributed by atoms with van der Waals surface area (Å²) < 4.78 is 0. The zero-order chi connectivity index (χ0) is 16.3. The molecule has 0 aliphatic carbocycles. The van der Waals surface area contributed by atoms with Crippen LogP contribution in [-0.4, -0.2) is 11.8 Å². The second-order valence-electron chi connectivity index (χ2n) is 4.16. The van der Waals surface area contributed by atoms with E-state index in [1.165, 1.54) is 36.4 Å². The molecule has 0 radical (unpaired) electrons. The Labute approximate surface area is 146 Å². The van der Waals surface area contributed by atoms with Crippen molar-refractivity contribution >= 4 is 69.6 Å². The maximum absolute atomic E-state index is 11.8. The molecule has 2 aromatic carbocycles. The van der Waals surface area contributed by atoms with Gasteiger partial charge in [-0.2, -0.15) is 0 Å². The lowest BCUT2D eigenvalue weighted by atomic mass is 10.3. The van der Waals surface area contributed by atoms with Crippen LogP contribution < -0.4 is 10.6 Å². The van der Waals surface area contributed by atoms with Crippen molar-refractivity contribution in [3.8, 4) is 0 Å². The number of amides is 2. The van der Waals surface area contributed by atoms with Crippen LogP contribution in [0.2, 0.25) is 20.1 Å². The third kappa shape index (κ3) is 4.27. The number of halogens is 4. The lowest BCUT2D eigenvalue weighted by Gasteiger charge is -2.09. The average Bonchev–Trinajstić information content (AvgIpc) is 2.44. The third-order valence-electron chi connectivity index (χ3n) is 2.56. The zero-order valence-corrected chi connectivity index (χ0v) is 13.8. The van der Waals surface area contributed by atoms with E-state index in [0.29, 0.717) is 10.0 Å². The van der Waals surface area contributed by atoms with Crippen molar-refractivity contribution < 1.29 is 9.59 Å². The molecule has 4 nitrogen and oxygen atoms in total. The Hall–Kier alpha value is -1.46. The molecular weight excluding hydrogens is 370 g/mol. The first kappa shape index (κ1) is 16.9. The minimum atomic E-state index is -0.893. The van der Waals surface area contributed by atoms with E-state index in [1.807, 2.05) is 0 Å². The molecule has 0 atom stereocenters. The van der Waals surface area contributed by atoms with E-state index in [9.17, 15) is 9.59 Å². The van der Waals surface area contributed by atoms with Crippen molar-refractivity contribution in [1.29, 1.82) is 0 Å². The van der Waals surface area contributed by atoms with Crippen LogP contribution >= 0.6 is 46.4 Å². The Morgan fingerprint density at radius 2 is 1.05 bits per heavy atom. The number of anilines is 2. The van der Waals surface area contributed by atoms with Crippen LogP contribution in [0.4, 0.5) is 11.4 Å². The Balaban J connectivity index is 2.07. The summed E-state index contributed by atoms with van der Waals surface area (Å²) in [6.45, 7) is 0. The highest BCUT2D eigenvalue weighted by atomic mass is 35.5. The first-order chi connectivity index (χ1) is 10.4. The monoisotopic (exact) mass is 376 g/mol. The van der Waals surface area contributed by atoms with Crippen LogP contribution in [0.1, 0.15) is 0 Å². The smallest absolute Gasteiger partial charge is 0.314 e. The highest BCUT2D eigenvalue weighted by Gasteiger charge is 2.16. The van der Waals surface area contributed by atoms with E-state index in [4.69, 9.17) is 46.4 Å². The van der Waals surface area contributed by atoms with E-state index in [0.717, 1.165) is 0 Å². The maximum atomic E-state index is 11.8. The first-order valence-corrected chi connectivity index (χ1v) is 7.40. The molecule has 0 heterocycles. The van der Waals surface area contributed by atoms with Crippen LogP contribution in [0, 0.1) is 0 Å². The molecule has 2 amide bonds. The number of carbonyl (C=O) groups excluding carboxylic acids is 2. The predicted molar refractivity (Wildman–Crippen MR) is 90.2 cm³/mol. The molecule has 0 saturated heterocycles. The molecule has 0 aliphatic heterocycles. The summed E-state index contributed by atoms with van der Waals surface area (Å²) in [5.74, 6) is -1.79. The zero-order valence-electron chi connectivity index (χ0n) is 10.8. The van der Waals surface area contributed by atoms with Gasteiger partial charge in [0.25, 0.3) is 0 Å². The normalized spacial score (nSPS) is 10.2. The highest BCUT2D eigenvalue weighted by Crippen LogP contribution is 2.26. The number of nitrogens with one attached hydrogen (secondary N) is 2. The van der Waals surface area contributed by atoms with Crippen LogP contribution in [0.3, 0.4) is 0 Å². The van der Waals surface area contributed by atoms with E-state index in [2.05, 4.69) is 10.6 Å². The topological polar surface area (TPSA) is 58.2 Å². The van der Waals surface area contributed by atoms with E-state index < -0.39 is 11.8 Å². The fraction of sp³-hybridized carbons (Fsp3) is 0. The fourth-order valence-electron chi connectivity index (χ4n) is 1.54. The van der Waals surface area contributed by atoms with Gasteiger partial charge in [-0.15, -0.1) is 0 Å². The molecule has 0 aromatic heterocycles. The summed E-state index contributed by atoms with van der Waals surface area (Å²) in [5, 5.41) is 6.03. The van der Waals surface area contributed by atoms with Crippen LogP contribution in [0.25, 0.3) is 0 Å². The molecule has 0 spiro atoms. The van der Waals surface area contributed by atoms with Gasteiger partial charge in [0.15, 0.2) is 0 Å². The number of carbonyl (C=O) groups is 2. The van der Waals surface area contributed by atoms with E-state index >= 15 is 0 Å². The maximum Gasteiger partial charge on any atom is 0.314 e. The van der Waals surface area contributed by atoms with Crippen molar-refractivity contribution in [2.45, 2.75) is 0 Å². The average molecular weight is 378 g/mol. The molecule has 8 heteroatoms. The second kappa shape index (κ2) is 7.20. The quantitative estimate of drug-likeness (QED) is 0.733. The number of rotatable bonds is 2. The van der Waals surface area contributed by atoms with Crippen molar-refractivity contribution in [2.75, 3.05) is 10.6 Å². The fourth-order valence-corrected chi connectivity index (χ4v) is 2.45. The Kier molecular flexibility index (Phi) is 5.53. The standard InChI is InChI=1S/C14H8Cl4N2O2/c15-7-1-3-11(9(17)5-7)19-13(21)14(22)20-12-4-2-8(16)6-10(12)18/h1-6H,(H,19,21)(H,20,22). The summed E-state index contributed by atoms with van der Waals surface area (Å²) >= 11 is 23.3. The van der Waals surface area contributed by atoms with Crippen LogP contribution in [0.5, 0.6) is 0 Å². The summed E-state index contributed by atoms with van der Waals surface area (Å²) in [7, 11) is 0. The molecule has 114 valence electrons. The number of benzene rings is 2. The van der Waals surface area contributed by atoms with Gasteiger partial charge in [-0.05, 0) is 36.4 Å². The third-order valence-corrected chi connectivity index (χ3v) is 3.66. The second-order valence-corrected chi connectivity index (χ2v) is 5.84. The van der Waals surface area contributed by atoms with Crippen molar-refractivity contribution in [1.82, 2.24) is 0 Å². The van der Waals surface area contributed by atoms with Gasteiger partial charge in [0.05, 0.1) is 21.4 Å². The van der Waals surface area contributed by atoms with Gasteiger partial charge in [0.2, 0.25) is 0 Å². The summed E-state index contributed by atoms with van der Waals surface area (Å²) in [5.41, 5.74) is 0.543. The molecule has 2 aromatic rings. The summed E-state index contributed by atoms with van der Waals surface area (Å²) in [6, 6.07) is 8.96. The van der Waals surface area contributed by atoms with E-state index in [1.54, 1.807) is 0 Å². The number of hydrogen-bond acceptors (Lipinski definition) is 2. The predicted octanol–water partition coefficient (Wildman–Crippen LogP) is 4.88. The first-order valence-electron chi connectivity index (χ1n) is 5.89. The largest absolute Gasteiger partial charge is 0.316 e. The lowest BCUT2D eigenvalue weighted by Crippen LogP contribution is -2.29. The summed E-state index contributed by atoms with van der Waals surface area (Å²) in [6.07, 6.45) is 0. The minimum absolute atomic E-state index is 0.221. The molecule has 0 aliphatic rings. The van der Waals surface area contributed by atoms with E-state index in [-0.39, 0.29) is 21.4 Å². The van der Waals surface area contributed by atoms with Gasteiger partial charge < -0.3 is 10.6 Å².